The molecule has 0 radical (unpaired) electrons. The summed E-state index contributed by atoms with van der Waals surface area (Å²) in [4.78, 5) is 29.5. The first-order chi connectivity index (χ1) is 9.63. The van der Waals surface area contributed by atoms with Crippen molar-refractivity contribution in [1.82, 2.24) is 15.2 Å². The molecule has 0 aliphatic carbocycles. The molecule has 1 fully saturated rings. The van der Waals surface area contributed by atoms with E-state index in [2.05, 4.69) is 10.3 Å². The van der Waals surface area contributed by atoms with Crippen LogP contribution in [0.4, 0.5) is 0 Å². The summed E-state index contributed by atoms with van der Waals surface area (Å²) in [5.74, 6) is -0.154. The molecule has 1 saturated heterocycles. The lowest BCUT2D eigenvalue weighted by atomic mass is 10.2. The van der Waals surface area contributed by atoms with Gasteiger partial charge in [-0.1, -0.05) is 13.0 Å². The highest BCUT2D eigenvalue weighted by Crippen LogP contribution is 2.17. The molecular formula is C15H21N3O2. The van der Waals surface area contributed by atoms with Crippen LogP contribution in [0.2, 0.25) is 0 Å². The Hall–Kier alpha value is -1.75. The van der Waals surface area contributed by atoms with Crippen molar-refractivity contribution in [3.63, 3.8) is 0 Å². The van der Waals surface area contributed by atoms with Crippen molar-refractivity contribution in [2.24, 2.45) is 0 Å². The molecule has 5 heteroatoms. The molecule has 20 heavy (non-hydrogen) atoms. The molecule has 2 rings (SSSR count). The van der Waals surface area contributed by atoms with Gasteiger partial charge in [-0.25, -0.2) is 0 Å². The fourth-order valence-corrected chi connectivity index (χ4v) is 2.39. The van der Waals surface area contributed by atoms with Gasteiger partial charge in [-0.05, 0) is 37.9 Å². The van der Waals surface area contributed by atoms with E-state index in [4.69, 9.17) is 0 Å². The van der Waals surface area contributed by atoms with Gasteiger partial charge in [0.25, 0.3) is 0 Å². The molecule has 5 nitrogen and oxygen atoms in total. The number of likely N-dealkylation sites (tertiary alicyclic amines) is 1. The Morgan fingerprint density at radius 3 is 2.95 bits per heavy atom. The molecule has 0 bridgehead atoms. The number of hydrogen-bond acceptors (Lipinski definition) is 4. The fourth-order valence-electron chi connectivity index (χ4n) is 2.39. The third-order valence-corrected chi connectivity index (χ3v) is 3.74. The first-order valence-electron chi connectivity index (χ1n) is 7.11. The molecule has 108 valence electrons. The Morgan fingerprint density at radius 2 is 2.30 bits per heavy atom. The second-order valence-electron chi connectivity index (χ2n) is 5.18. The first kappa shape index (κ1) is 14.7. The summed E-state index contributed by atoms with van der Waals surface area (Å²) in [5.41, 5.74) is 1.12. The van der Waals surface area contributed by atoms with Crippen LogP contribution in [0, 0.1) is 0 Å². The van der Waals surface area contributed by atoms with Gasteiger partial charge in [0.05, 0.1) is 12.5 Å². The summed E-state index contributed by atoms with van der Waals surface area (Å²) in [5, 5.41) is 3.18. The predicted octanol–water partition coefficient (Wildman–Crippen LogP) is 1.14. The van der Waals surface area contributed by atoms with Crippen molar-refractivity contribution in [1.29, 1.82) is 0 Å². The molecule has 1 N–H and O–H groups in total. The molecule has 2 atom stereocenters. The van der Waals surface area contributed by atoms with E-state index in [9.17, 15) is 9.59 Å². The average Bonchev–Trinajstić information content (AvgIpc) is 2.74. The van der Waals surface area contributed by atoms with Gasteiger partial charge in [-0.2, -0.15) is 0 Å². The number of pyridine rings is 1. The molecule has 0 aromatic carbocycles. The van der Waals surface area contributed by atoms with Crippen LogP contribution in [0.1, 0.15) is 32.3 Å². The smallest absolute Gasteiger partial charge is 0.247 e. The average molecular weight is 275 g/mol. The van der Waals surface area contributed by atoms with Gasteiger partial charge in [0.15, 0.2) is 0 Å². The van der Waals surface area contributed by atoms with E-state index in [1.165, 1.54) is 4.90 Å². The van der Waals surface area contributed by atoms with Crippen molar-refractivity contribution in [3.05, 3.63) is 30.1 Å². The number of carbonyl (C=O) groups is 2. The maximum atomic E-state index is 12.2. The quantitative estimate of drug-likeness (QED) is 0.791. The van der Waals surface area contributed by atoms with Gasteiger partial charge in [0.2, 0.25) is 11.8 Å². The Labute approximate surface area is 119 Å². The summed E-state index contributed by atoms with van der Waals surface area (Å²) in [6.45, 7) is 4.56. The van der Waals surface area contributed by atoms with Gasteiger partial charge < -0.3 is 5.32 Å². The zero-order valence-corrected chi connectivity index (χ0v) is 12.0. The third-order valence-electron chi connectivity index (χ3n) is 3.74. The van der Waals surface area contributed by atoms with Gasteiger partial charge >= 0.3 is 0 Å². The monoisotopic (exact) mass is 275 g/mol. The summed E-state index contributed by atoms with van der Waals surface area (Å²) in [6.07, 6.45) is 5.42. The van der Waals surface area contributed by atoms with Crippen LogP contribution in [0.3, 0.4) is 0 Å². The van der Waals surface area contributed by atoms with Crippen molar-refractivity contribution >= 4 is 11.8 Å². The molecule has 1 aromatic heterocycles. The number of amides is 2. The summed E-state index contributed by atoms with van der Waals surface area (Å²) in [6, 6.07) is 3.51. The van der Waals surface area contributed by atoms with Crippen LogP contribution in [-0.2, 0) is 16.0 Å². The van der Waals surface area contributed by atoms with E-state index >= 15 is 0 Å². The highest BCUT2D eigenvalue weighted by Gasteiger charge is 2.40. The lowest BCUT2D eigenvalue weighted by molar-refractivity contribution is -0.141. The number of imide groups is 1. The number of aromatic nitrogens is 1. The SMILES string of the molecule is CCC(C)N1C(=O)CC(NCCc2cccnc2)C1=O. The van der Waals surface area contributed by atoms with Crippen LogP contribution in [-0.4, -0.2) is 40.3 Å². The molecule has 2 unspecified atom stereocenters. The van der Waals surface area contributed by atoms with E-state index in [1.807, 2.05) is 32.2 Å². The minimum absolute atomic E-state index is 0.0138. The molecule has 1 aliphatic heterocycles. The first-order valence-corrected chi connectivity index (χ1v) is 7.11. The zero-order valence-electron chi connectivity index (χ0n) is 12.0. The van der Waals surface area contributed by atoms with Crippen molar-refractivity contribution in [3.8, 4) is 0 Å². The summed E-state index contributed by atoms with van der Waals surface area (Å²) >= 11 is 0. The van der Waals surface area contributed by atoms with E-state index in [-0.39, 0.29) is 30.3 Å². The second kappa shape index (κ2) is 6.61. The number of nitrogens with one attached hydrogen (secondary N) is 1. The number of hydrogen-bond donors (Lipinski definition) is 1. The van der Waals surface area contributed by atoms with E-state index in [0.29, 0.717) is 6.54 Å². The van der Waals surface area contributed by atoms with Crippen LogP contribution in [0.25, 0.3) is 0 Å². The second-order valence-corrected chi connectivity index (χ2v) is 5.18. The predicted molar refractivity (Wildman–Crippen MR) is 76.0 cm³/mol. The summed E-state index contributed by atoms with van der Waals surface area (Å²) in [7, 11) is 0. The molecule has 0 saturated carbocycles. The number of rotatable bonds is 6. The normalized spacial score (nSPS) is 20.5. The molecule has 1 aromatic rings. The van der Waals surface area contributed by atoms with E-state index < -0.39 is 0 Å². The summed E-state index contributed by atoms with van der Waals surface area (Å²) < 4.78 is 0. The van der Waals surface area contributed by atoms with E-state index in [0.717, 1.165) is 18.4 Å². The Kier molecular flexibility index (Phi) is 4.84. The Bertz CT molecular complexity index is 475. The van der Waals surface area contributed by atoms with Gasteiger partial charge in [0.1, 0.15) is 0 Å². The molecular weight excluding hydrogens is 254 g/mol. The number of carbonyl (C=O) groups excluding carboxylic acids is 2. The standard InChI is InChI=1S/C15H21N3O2/c1-3-11(2)18-14(19)9-13(15(18)20)17-8-6-12-5-4-7-16-10-12/h4-5,7,10-11,13,17H,3,6,8-9H2,1-2H3. The molecule has 1 aliphatic rings. The van der Waals surface area contributed by atoms with Gasteiger partial charge in [-0.3, -0.25) is 19.5 Å². The largest absolute Gasteiger partial charge is 0.305 e. The molecule has 0 spiro atoms. The number of nitrogens with zero attached hydrogens (tertiary/aromatic N) is 2. The zero-order chi connectivity index (χ0) is 14.5. The minimum Gasteiger partial charge on any atom is -0.305 e. The highest BCUT2D eigenvalue weighted by molar-refractivity contribution is 6.05. The third kappa shape index (κ3) is 3.22. The van der Waals surface area contributed by atoms with Crippen molar-refractivity contribution < 1.29 is 9.59 Å². The Morgan fingerprint density at radius 1 is 1.50 bits per heavy atom. The van der Waals surface area contributed by atoms with Crippen molar-refractivity contribution in [2.75, 3.05) is 6.54 Å². The van der Waals surface area contributed by atoms with Gasteiger partial charge in [0, 0.05) is 18.4 Å². The highest BCUT2D eigenvalue weighted by atomic mass is 16.2. The van der Waals surface area contributed by atoms with E-state index in [1.54, 1.807) is 6.20 Å². The van der Waals surface area contributed by atoms with Crippen LogP contribution in [0.5, 0.6) is 0 Å². The fraction of sp³-hybridized carbons (Fsp3) is 0.533. The van der Waals surface area contributed by atoms with Gasteiger partial charge in [-0.15, -0.1) is 0 Å². The maximum absolute atomic E-state index is 12.2. The maximum Gasteiger partial charge on any atom is 0.247 e. The van der Waals surface area contributed by atoms with Crippen LogP contribution >= 0.6 is 0 Å². The van der Waals surface area contributed by atoms with Crippen LogP contribution in [0.15, 0.2) is 24.5 Å². The minimum atomic E-state index is -0.367. The van der Waals surface area contributed by atoms with Crippen molar-refractivity contribution in [2.45, 2.75) is 45.2 Å². The Balaban J connectivity index is 1.85. The molecule has 2 heterocycles. The lowest BCUT2D eigenvalue weighted by Gasteiger charge is -2.21. The van der Waals surface area contributed by atoms with Crippen LogP contribution < -0.4 is 5.32 Å². The topological polar surface area (TPSA) is 62.3 Å². The molecule has 2 amide bonds. The lowest BCUT2D eigenvalue weighted by Crippen LogP contribution is -2.43.